The second kappa shape index (κ2) is 4.86. The Balaban J connectivity index is 1.65. The Labute approximate surface area is 98.7 Å². The highest BCUT2D eigenvalue weighted by Crippen LogP contribution is 2.26. The summed E-state index contributed by atoms with van der Waals surface area (Å²) in [5.74, 6) is 0. The fraction of sp³-hybridized carbons (Fsp3) is 0.846. The van der Waals surface area contributed by atoms with E-state index in [1.54, 1.807) is 0 Å². The van der Waals surface area contributed by atoms with Crippen molar-refractivity contribution in [1.82, 2.24) is 14.9 Å². The van der Waals surface area contributed by atoms with Gasteiger partial charge in [0.25, 0.3) is 0 Å². The summed E-state index contributed by atoms with van der Waals surface area (Å²) in [6.07, 6.45) is 12.1. The van der Waals surface area contributed by atoms with Gasteiger partial charge < -0.3 is 0 Å². The molecule has 3 aliphatic rings. The molecule has 16 heavy (non-hydrogen) atoms. The van der Waals surface area contributed by atoms with E-state index in [4.69, 9.17) is 0 Å². The lowest BCUT2D eigenvalue weighted by Crippen LogP contribution is -2.52. The number of hydrogen-bond donors (Lipinski definition) is 0. The van der Waals surface area contributed by atoms with Crippen molar-refractivity contribution in [1.29, 1.82) is 0 Å². The molecule has 0 aromatic rings. The van der Waals surface area contributed by atoms with Gasteiger partial charge in [0.2, 0.25) is 0 Å². The predicted molar refractivity (Wildman–Crippen MR) is 65.9 cm³/mol. The molecule has 2 fully saturated rings. The van der Waals surface area contributed by atoms with Crippen molar-refractivity contribution in [3.8, 4) is 0 Å². The summed E-state index contributed by atoms with van der Waals surface area (Å²) < 4.78 is 0. The van der Waals surface area contributed by atoms with E-state index in [1.807, 2.05) is 0 Å². The molecule has 0 aromatic heterocycles. The van der Waals surface area contributed by atoms with Crippen LogP contribution in [0.1, 0.15) is 32.1 Å². The molecule has 3 aliphatic heterocycles. The Morgan fingerprint density at radius 2 is 1.75 bits per heavy atom. The van der Waals surface area contributed by atoms with Gasteiger partial charge in [0.05, 0.1) is 6.17 Å². The molecule has 1 unspecified atom stereocenters. The smallest absolute Gasteiger partial charge is 0.0760 e. The molecule has 0 aromatic carbocycles. The zero-order chi connectivity index (χ0) is 10.8. The summed E-state index contributed by atoms with van der Waals surface area (Å²) >= 11 is 0. The van der Waals surface area contributed by atoms with Crippen molar-refractivity contribution in [3.05, 3.63) is 12.2 Å². The number of hydrazine groups is 1. The first-order valence-electron chi connectivity index (χ1n) is 6.86. The molecule has 0 N–H and O–H groups in total. The quantitative estimate of drug-likeness (QED) is 0.657. The first-order chi connectivity index (χ1) is 7.95. The fourth-order valence-electron chi connectivity index (χ4n) is 3.34. The number of hydrogen-bond acceptors (Lipinski definition) is 3. The van der Waals surface area contributed by atoms with E-state index >= 15 is 0 Å². The summed E-state index contributed by atoms with van der Waals surface area (Å²) in [5, 5.41) is 5.21. The molecule has 0 saturated carbocycles. The minimum Gasteiger partial charge on any atom is -0.287 e. The second-order valence-electron chi connectivity index (χ2n) is 5.20. The van der Waals surface area contributed by atoms with E-state index < -0.39 is 0 Å². The Kier molecular flexibility index (Phi) is 3.27. The maximum Gasteiger partial charge on any atom is 0.0760 e. The van der Waals surface area contributed by atoms with Crippen molar-refractivity contribution in [3.63, 3.8) is 0 Å². The Morgan fingerprint density at radius 3 is 2.50 bits per heavy atom. The van der Waals surface area contributed by atoms with E-state index in [9.17, 15) is 0 Å². The van der Waals surface area contributed by atoms with Gasteiger partial charge >= 0.3 is 0 Å². The summed E-state index contributed by atoms with van der Waals surface area (Å²) in [6.45, 7) is 6.27. The van der Waals surface area contributed by atoms with Crippen LogP contribution in [0, 0.1) is 0 Å². The van der Waals surface area contributed by atoms with Gasteiger partial charge in [0, 0.05) is 19.6 Å². The Hall–Kier alpha value is -0.380. The lowest BCUT2D eigenvalue weighted by molar-refractivity contribution is -0.0778. The number of rotatable bonds is 2. The van der Waals surface area contributed by atoms with Crippen LogP contribution >= 0.6 is 0 Å². The SMILES string of the molecule is C1=CCN(N2CCCC2N2CCCC2)CC1. The van der Waals surface area contributed by atoms with Gasteiger partial charge in [-0.25, -0.2) is 10.0 Å². The van der Waals surface area contributed by atoms with Crippen LogP contribution in [0.4, 0.5) is 0 Å². The minimum atomic E-state index is 0.717. The highest BCUT2D eigenvalue weighted by atomic mass is 15.7. The standard InChI is InChI=1S/C13H23N3/c1-2-10-15(11-3-1)16-12-6-7-13(16)14-8-4-5-9-14/h1-2,13H,3-12H2. The molecule has 0 bridgehead atoms. The second-order valence-corrected chi connectivity index (χ2v) is 5.20. The van der Waals surface area contributed by atoms with Crippen LogP contribution in [0.3, 0.4) is 0 Å². The van der Waals surface area contributed by atoms with Gasteiger partial charge in [-0.15, -0.1) is 0 Å². The molecule has 2 saturated heterocycles. The number of nitrogens with zero attached hydrogens (tertiary/aromatic N) is 3. The van der Waals surface area contributed by atoms with Crippen molar-refractivity contribution >= 4 is 0 Å². The van der Waals surface area contributed by atoms with Crippen molar-refractivity contribution in [2.45, 2.75) is 38.3 Å². The maximum atomic E-state index is 2.70. The first-order valence-corrected chi connectivity index (χ1v) is 6.86. The highest BCUT2D eigenvalue weighted by molar-refractivity contribution is 4.92. The molecule has 0 radical (unpaired) electrons. The lowest BCUT2D eigenvalue weighted by atomic mass is 10.3. The van der Waals surface area contributed by atoms with Gasteiger partial charge in [0.1, 0.15) is 0 Å². The minimum absolute atomic E-state index is 0.717. The molecule has 1 atom stereocenters. The summed E-state index contributed by atoms with van der Waals surface area (Å²) in [5.41, 5.74) is 0. The van der Waals surface area contributed by atoms with E-state index in [0.29, 0.717) is 6.17 Å². The van der Waals surface area contributed by atoms with Crippen LogP contribution in [0.25, 0.3) is 0 Å². The van der Waals surface area contributed by atoms with Crippen molar-refractivity contribution in [2.75, 3.05) is 32.7 Å². The molecule has 0 spiro atoms. The van der Waals surface area contributed by atoms with Gasteiger partial charge in [-0.05, 0) is 45.2 Å². The molecule has 0 aliphatic carbocycles. The molecule has 3 nitrogen and oxygen atoms in total. The Morgan fingerprint density at radius 1 is 0.875 bits per heavy atom. The van der Waals surface area contributed by atoms with Crippen LogP contribution in [0.15, 0.2) is 12.2 Å². The van der Waals surface area contributed by atoms with Gasteiger partial charge in [0.15, 0.2) is 0 Å². The monoisotopic (exact) mass is 221 g/mol. The van der Waals surface area contributed by atoms with Crippen LogP contribution in [-0.2, 0) is 0 Å². The maximum absolute atomic E-state index is 2.70. The summed E-state index contributed by atoms with van der Waals surface area (Å²) in [7, 11) is 0. The lowest BCUT2D eigenvalue weighted by Gasteiger charge is -2.40. The topological polar surface area (TPSA) is 9.72 Å². The molecule has 3 heteroatoms. The van der Waals surface area contributed by atoms with E-state index in [2.05, 4.69) is 27.1 Å². The highest BCUT2D eigenvalue weighted by Gasteiger charge is 2.34. The largest absolute Gasteiger partial charge is 0.287 e. The molecule has 3 rings (SSSR count). The summed E-state index contributed by atoms with van der Waals surface area (Å²) in [6, 6.07) is 0. The van der Waals surface area contributed by atoms with Crippen LogP contribution in [0.2, 0.25) is 0 Å². The number of likely N-dealkylation sites (tertiary alicyclic amines) is 1. The van der Waals surface area contributed by atoms with Gasteiger partial charge in [-0.3, -0.25) is 4.90 Å². The Bertz CT molecular complexity index is 258. The van der Waals surface area contributed by atoms with E-state index in [1.165, 1.54) is 58.3 Å². The van der Waals surface area contributed by atoms with E-state index in [-0.39, 0.29) is 0 Å². The van der Waals surface area contributed by atoms with E-state index in [0.717, 1.165) is 6.54 Å². The van der Waals surface area contributed by atoms with Crippen LogP contribution < -0.4 is 0 Å². The zero-order valence-corrected chi connectivity index (χ0v) is 10.1. The van der Waals surface area contributed by atoms with Gasteiger partial charge in [-0.2, -0.15) is 0 Å². The van der Waals surface area contributed by atoms with Crippen LogP contribution in [0.5, 0.6) is 0 Å². The molecule has 90 valence electrons. The normalized spacial score (nSPS) is 33.9. The van der Waals surface area contributed by atoms with Gasteiger partial charge in [-0.1, -0.05) is 12.2 Å². The molecule has 3 heterocycles. The van der Waals surface area contributed by atoms with Crippen molar-refractivity contribution < 1.29 is 0 Å². The third-order valence-corrected chi connectivity index (χ3v) is 4.16. The molecular weight excluding hydrogens is 198 g/mol. The van der Waals surface area contributed by atoms with Crippen molar-refractivity contribution in [2.24, 2.45) is 0 Å². The third kappa shape index (κ3) is 2.04. The van der Waals surface area contributed by atoms with Crippen LogP contribution in [-0.4, -0.2) is 53.8 Å². The fourth-order valence-corrected chi connectivity index (χ4v) is 3.34. The molecular formula is C13H23N3. The average Bonchev–Trinajstić information content (AvgIpc) is 3.01. The average molecular weight is 221 g/mol. The molecule has 0 amide bonds. The third-order valence-electron chi connectivity index (χ3n) is 4.16. The predicted octanol–water partition coefficient (Wildman–Crippen LogP) is 1.68. The summed E-state index contributed by atoms with van der Waals surface area (Å²) in [4.78, 5) is 2.70. The first kappa shape index (κ1) is 10.8. The zero-order valence-electron chi connectivity index (χ0n) is 10.1.